The number of carbonyl (C=O) groups is 2. The largest absolute Gasteiger partial charge is 0.460 e. The van der Waals surface area contributed by atoms with Crippen LogP contribution in [0.3, 0.4) is 0 Å². The lowest BCUT2D eigenvalue weighted by molar-refractivity contribution is -0.156. The molecule has 4 heteroatoms. The molecular weight excluding hydrogens is 278 g/mol. The van der Waals surface area contributed by atoms with Crippen LogP contribution in [0, 0.1) is 5.92 Å². The van der Waals surface area contributed by atoms with Gasteiger partial charge in [-0.25, -0.2) is 0 Å². The maximum atomic E-state index is 12.1. The first-order valence-corrected chi connectivity index (χ1v) is 7.79. The quantitative estimate of drug-likeness (QED) is 0.618. The number of ether oxygens (including phenoxy) is 1. The summed E-state index contributed by atoms with van der Waals surface area (Å²) in [6.07, 6.45) is 1.67. The first kappa shape index (κ1) is 16.5. The molecular formula is C18H25NO3. The van der Waals surface area contributed by atoms with Crippen LogP contribution >= 0.6 is 0 Å². The summed E-state index contributed by atoms with van der Waals surface area (Å²) >= 11 is 0. The maximum absolute atomic E-state index is 12.1. The second-order valence-electron chi connectivity index (χ2n) is 7.18. The van der Waals surface area contributed by atoms with Gasteiger partial charge in [-0.3, -0.25) is 9.59 Å². The average molecular weight is 303 g/mol. The molecule has 1 aromatic carbocycles. The Bertz CT molecular complexity index is 560. The monoisotopic (exact) mass is 303 g/mol. The molecule has 4 nitrogen and oxygen atoms in total. The number of amides is 1. The summed E-state index contributed by atoms with van der Waals surface area (Å²) in [6, 6.07) is 7.98. The highest BCUT2D eigenvalue weighted by Gasteiger charge is 2.46. The van der Waals surface area contributed by atoms with E-state index in [0.29, 0.717) is 0 Å². The van der Waals surface area contributed by atoms with Gasteiger partial charge >= 0.3 is 5.97 Å². The first-order valence-electron chi connectivity index (χ1n) is 7.79. The Hall–Kier alpha value is -1.84. The molecule has 2 atom stereocenters. The zero-order valence-corrected chi connectivity index (χ0v) is 14.0. The van der Waals surface area contributed by atoms with Gasteiger partial charge in [-0.15, -0.1) is 0 Å². The van der Waals surface area contributed by atoms with Gasteiger partial charge in [0.25, 0.3) is 0 Å². The van der Waals surface area contributed by atoms with Crippen LogP contribution in [0.5, 0.6) is 0 Å². The molecule has 1 aromatic rings. The second kappa shape index (κ2) is 6.11. The minimum Gasteiger partial charge on any atom is -0.460 e. The second-order valence-corrected chi connectivity index (χ2v) is 7.18. The molecule has 1 amide bonds. The minimum absolute atomic E-state index is 0.0572. The summed E-state index contributed by atoms with van der Waals surface area (Å²) in [7, 11) is 0. The SMILES string of the molecule is CC(C)N(C=O)c1cccc(C2CC2C(=O)OC(C)(C)C)c1. The maximum Gasteiger partial charge on any atom is 0.310 e. The summed E-state index contributed by atoms with van der Waals surface area (Å²) in [6.45, 7) is 9.60. The number of carbonyl (C=O) groups excluding carboxylic acids is 2. The molecule has 120 valence electrons. The summed E-state index contributed by atoms with van der Waals surface area (Å²) in [4.78, 5) is 25.0. The van der Waals surface area contributed by atoms with E-state index in [-0.39, 0.29) is 23.8 Å². The normalized spacial score (nSPS) is 20.6. The average Bonchev–Trinajstić information content (AvgIpc) is 3.17. The van der Waals surface area contributed by atoms with Crippen molar-refractivity contribution < 1.29 is 14.3 Å². The molecule has 1 aliphatic rings. The van der Waals surface area contributed by atoms with E-state index in [1.165, 1.54) is 0 Å². The number of benzene rings is 1. The Morgan fingerprint density at radius 1 is 1.36 bits per heavy atom. The molecule has 0 spiro atoms. The van der Waals surface area contributed by atoms with Crippen molar-refractivity contribution in [3.63, 3.8) is 0 Å². The van der Waals surface area contributed by atoms with Gasteiger partial charge in [-0.05, 0) is 64.7 Å². The van der Waals surface area contributed by atoms with Crippen LogP contribution in [0.15, 0.2) is 24.3 Å². The van der Waals surface area contributed by atoms with Crippen molar-refractivity contribution in [3.05, 3.63) is 29.8 Å². The van der Waals surface area contributed by atoms with Gasteiger partial charge in [0.15, 0.2) is 0 Å². The predicted molar refractivity (Wildman–Crippen MR) is 86.8 cm³/mol. The number of nitrogens with zero attached hydrogens (tertiary/aromatic N) is 1. The fourth-order valence-electron chi connectivity index (χ4n) is 2.60. The van der Waals surface area contributed by atoms with Crippen LogP contribution in [0.25, 0.3) is 0 Å². The minimum atomic E-state index is -0.446. The number of esters is 1. The molecule has 0 saturated heterocycles. The third kappa shape index (κ3) is 3.87. The van der Waals surface area contributed by atoms with E-state index < -0.39 is 5.60 Å². The fraction of sp³-hybridized carbons (Fsp3) is 0.556. The molecule has 0 aromatic heterocycles. The van der Waals surface area contributed by atoms with Crippen molar-refractivity contribution >= 4 is 18.1 Å². The van der Waals surface area contributed by atoms with E-state index in [9.17, 15) is 9.59 Å². The summed E-state index contributed by atoms with van der Waals surface area (Å²) < 4.78 is 5.44. The highest BCUT2D eigenvalue weighted by Crippen LogP contribution is 2.49. The molecule has 0 heterocycles. The molecule has 2 rings (SSSR count). The lowest BCUT2D eigenvalue weighted by Gasteiger charge is -2.22. The van der Waals surface area contributed by atoms with Gasteiger partial charge < -0.3 is 9.64 Å². The van der Waals surface area contributed by atoms with Crippen LogP contribution in [0.1, 0.15) is 52.5 Å². The van der Waals surface area contributed by atoms with E-state index >= 15 is 0 Å². The van der Waals surface area contributed by atoms with Crippen LogP contribution in [-0.2, 0) is 14.3 Å². The van der Waals surface area contributed by atoms with Gasteiger partial charge in [-0.2, -0.15) is 0 Å². The van der Waals surface area contributed by atoms with Crippen molar-refractivity contribution in [1.82, 2.24) is 0 Å². The van der Waals surface area contributed by atoms with Gasteiger partial charge in [0, 0.05) is 11.7 Å². The highest BCUT2D eigenvalue weighted by atomic mass is 16.6. The predicted octanol–water partition coefficient (Wildman–Crippen LogP) is 3.50. The fourth-order valence-corrected chi connectivity index (χ4v) is 2.60. The third-order valence-electron chi connectivity index (χ3n) is 3.77. The molecule has 0 aliphatic heterocycles. The third-order valence-corrected chi connectivity index (χ3v) is 3.77. The van der Waals surface area contributed by atoms with Crippen LogP contribution in [-0.4, -0.2) is 24.0 Å². The van der Waals surface area contributed by atoms with E-state index in [1.54, 1.807) is 4.90 Å². The molecule has 2 unspecified atom stereocenters. The van der Waals surface area contributed by atoms with Crippen molar-refractivity contribution in [2.24, 2.45) is 5.92 Å². The molecule has 1 fully saturated rings. The van der Waals surface area contributed by atoms with Crippen LogP contribution in [0.4, 0.5) is 5.69 Å². The molecule has 0 N–H and O–H groups in total. The number of anilines is 1. The molecule has 1 aliphatic carbocycles. The molecule has 0 bridgehead atoms. The Labute approximate surface area is 132 Å². The summed E-state index contributed by atoms with van der Waals surface area (Å²) in [5.41, 5.74) is 1.52. The van der Waals surface area contributed by atoms with E-state index in [4.69, 9.17) is 4.74 Å². The van der Waals surface area contributed by atoms with Crippen molar-refractivity contribution in [3.8, 4) is 0 Å². The van der Waals surface area contributed by atoms with Gasteiger partial charge in [0.1, 0.15) is 5.60 Å². The Morgan fingerprint density at radius 3 is 2.59 bits per heavy atom. The number of hydrogen-bond donors (Lipinski definition) is 0. The number of hydrogen-bond acceptors (Lipinski definition) is 3. The highest BCUT2D eigenvalue weighted by molar-refractivity contribution is 5.79. The number of rotatable bonds is 5. The van der Waals surface area contributed by atoms with Crippen molar-refractivity contribution in [2.75, 3.05) is 4.90 Å². The standard InChI is InChI=1S/C18H25NO3/c1-12(2)19(11-20)14-8-6-7-13(9-14)15-10-16(15)17(21)22-18(3,4)5/h6-9,11-12,15-16H,10H2,1-5H3. The van der Waals surface area contributed by atoms with E-state index in [1.807, 2.05) is 58.9 Å². The lowest BCUT2D eigenvalue weighted by Crippen LogP contribution is -2.28. The van der Waals surface area contributed by atoms with Gasteiger partial charge in [0.05, 0.1) is 5.92 Å². The lowest BCUT2D eigenvalue weighted by atomic mass is 10.1. The summed E-state index contributed by atoms with van der Waals surface area (Å²) in [5.74, 6) is 0.0210. The Morgan fingerprint density at radius 2 is 2.05 bits per heavy atom. The van der Waals surface area contributed by atoms with Gasteiger partial charge in [-0.1, -0.05) is 12.1 Å². The van der Waals surface area contributed by atoms with Gasteiger partial charge in [0.2, 0.25) is 6.41 Å². The topological polar surface area (TPSA) is 46.6 Å². The molecule has 0 radical (unpaired) electrons. The van der Waals surface area contributed by atoms with Crippen molar-refractivity contribution in [2.45, 2.75) is 58.6 Å². The van der Waals surface area contributed by atoms with E-state index in [2.05, 4.69) is 0 Å². The molecule has 1 saturated carbocycles. The zero-order chi connectivity index (χ0) is 16.5. The zero-order valence-electron chi connectivity index (χ0n) is 14.0. The Kier molecular flexibility index (Phi) is 4.59. The summed E-state index contributed by atoms with van der Waals surface area (Å²) in [5, 5.41) is 0. The van der Waals surface area contributed by atoms with Crippen LogP contribution in [0.2, 0.25) is 0 Å². The molecule has 22 heavy (non-hydrogen) atoms. The van der Waals surface area contributed by atoms with Crippen molar-refractivity contribution in [1.29, 1.82) is 0 Å². The van der Waals surface area contributed by atoms with Crippen LogP contribution < -0.4 is 4.90 Å². The Balaban J connectivity index is 2.09. The first-order chi connectivity index (χ1) is 10.2. The van der Waals surface area contributed by atoms with E-state index in [0.717, 1.165) is 24.1 Å². The smallest absolute Gasteiger partial charge is 0.310 e.